The molecule has 2 aromatic rings. The van der Waals surface area contributed by atoms with E-state index in [2.05, 4.69) is 5.32 Å². The second kappa shape index (κ2) is 12.9. The maximum Gasteiger partial charge on any atom is 0.243 e. The topological polar surface area (TPSA) is 58.6 Å². The molecule has 0 heterocycles. The minimum Gasteiger partial charge on any atom is -0.494 e. The van der Waals surface area contributed by atoms with Crippen LogP contribution >= 0.6 is 0 Å². The highest BCUT2D eigenvalue weighted by atomic mass is 16.5. The second-order valence-electron chi connectivity index (χ2n) is 8.46. The third kappa shape index (κ3) is 7.70. The van der Waals surface area contributed by atoms with Crippen LogP contribution in [0.5, 0.6) is 5.75 Å². The van der Waals surface area contributed by atoms with E-state index in [0.29, 0.717) is 32.4 Å². The summed E-state index contributed by atoms with van der Waals surface area (Å²) in [6.45, 7) is 10.9. The first kappa shape index (κ1) is 25.4. The van der Waals surface area contributed by atoms with Crippen molar-refractivity contribution in [2.75, 3.05) is 6.61 Å². The van der Waals surface area contributed by atoms with E-state index in [1.54, 1.807) is 4.90 Å². The van der Waals surface area contributed by atoms with Gasteiger partial charge in [0.25, 0.3) is 0 Å². The normalized spacial score (nSPS) is 12.7. The zero-order chi connectivity index (χ0) is 23.5. The van der Waals surface area contributed by atoms with Crippen molar-refractivity contribution in [1.82, 2.24) is 10.2 Å². The van der Waals surface area contributed by atoms with E-state index < -0.39 is 6.04 Å². The molecular weight excluding hydrogens is 400 g/mol. The van der Waals surface area contributed by atoms with Gasteiger partial charge in [0, 0.05) is 19.0 Å². The molecule has 2 amide bonds. The van der Waals surface area contributed by atoms with Crippen molar-refractivity contribution in [2.24, 2.45) is 0 Å². The van der Waals surface area contributed by atoms with E-state index in [1.807, 2.05) is 83.1 Å². The van der Waals surface area contributed by atoms with Gasteiger partial charge in [-0.15, -0.1) is 0 Å². The number of nitrogens with one attached hydrogen (secondary N) is 1. The highest BCUT2D eigenvalue weighted by Gasteiger charge is 2.29. The molecule has 0 saturated heterocycles. The fourth-order valence-electron chi connectivity index (χ4n) is 3.52. The Morgan fingerprint density at radius 2 is 1.69 bits per heavy atom. The smallest absolute Gasteiger partial charge is 0.243 e. The summed E-state index contributed by atoms with van der Waals surface area (Å²) in [6.07, 6.45) is 2.36. The molecule has 5 heteroatoms. The SMILES string of the molecule is CC[C@@H](C)NC(=O)[C@@H](CC)N(Cc1ccccc1C)C(=O)CCCOc1ccc(C)cc1. The maximum absolute atomic E-state index is 13.3. The molecule has 0 fully saturated rings. The predicted octanol–water partition coefficient (Wildman–Crippen LogP) is 5.18. The Labute approximate surface area is 193 Å². The van der Waals surface area contributed by atoms with Crippen LogP contribution in [0.4, 0.5) is 0 Å². The van der Waals surface area contributed by atoms with Crippen LogP contribution in [0.25, 0.3) is 0 Å². The number of ether oxygens (including phenoxy) is 1. The summed E-state index contributed by atoms with van der Waals surface area (Å²) in [6, 6.07) is 15.5. The van der Waals surface area contributed by atoms with E-state index in [0.717, 1.165) is 23.3 Å². The highest BCUT2D eigenvalue weighted by Crippen LogP contribution is 2.18. The molecule has 0 spiro atoms. The van der Waals surface area contributed by atoms with Crippen LogP contribution in [-0.4, -0.2) is 35.4 Å². The number of carbonyl (C=O) groups excluding carboxylic acids is 2. The molecule has 0 unspecified atom stereocenters. The monoisotopic (exact) mass is 438 g/mol. The van der Waals surface area contributed by atoms with E-state index in [9.17, 15) is 9.59 Å². The number of aryl methyl sites for hydroxylation is 2. The second-order valence-corrected chi connectivity index (χ2v) is 8.46. The van der Waals surface area contributed by atoms with Gasteiger partial charge in [-0.3, -0.25) is 9.59 Å². The average molecular weight is 439 g/mol. The molecule has 0 saturated carbocycles. The fraction of sp³-hybridized carbons (Fsp3) is 0.481. The molecule has 0 aliphatic rings. The third-order valence-corrected chi connectivity index (χ3v) is 5.81. The summed E-state index contributed by atoms with van der Waals surface area (Å²) < 4.78 is 5.78. The lowest BCUT2D eigenvalue weighted by atomic mass is 10.0. The Balaban J connectivity index is 2.07. The van der Waals surface area contributed by atoms with Gasteiger partial charge in [0.2, 0.25) is 11.8 Å². The lowest BCUT2D eigenvalue weighted by Gasteiger charge is -2.32. The molecule has 2 aromatic carbocycles. The zero-order valence-corrected chi connectivity index (χ0v) is 20.2. The van der Waals surface area contributed by atoms with E-state index >= 15 is 0 Å². The van der Waals surface area contributed by atoms with E-state index in [-0.39, 0.29) is 17.9 Å². The molecule has 0 aromatic heterocycles. The number of rotatable bonds is 12. The van der Waals surface area contributed by atoms with Crippen molar-refractivity contribution < 1.29 is 14.3 Å². The van der Waals surface area contributed by atoms with Crippen LogP contribution in [0.15, 0.2) is 48.5 Å². The molecule has 0 radical (unpaired) electrons. The first-order valence-electron chi connectivity index (χ1n) is 11.7. The van der Waals surface area contributed by atoms with Crippen molar-refractivity contribution in [3.05, 3.63) is 65.2 Å². The van der Waals surface area contributed by atoms with Crippen molar-refractivity contribution in [2.45, 2.75) is 78.9 Å². The van der Waals surface area contributed by atoms with Crippen molar-refractivity contribution >= 4 is 11.8 Å². The van der Waals surface area contributed by atoms with Crippen LogP contribution in [0.3, 0.4) is 0 Å². The third-order valence-electron chi connectivity index (χ3n) is 5.81. The average Bonchev–Trinajstić information content (AvgIpc) is 2.78. The minimum atomic E-state index is -0.492. The predicted molar refractivity (Wildman–Crippen MR) is 130 cm³/mol. The lowest BCUT2D eigenvalue weighted by Crippen LogP contribution is -2.50. The Bertz CT molecular complexity index is 863. The van der Waals surface area contributed by atoms with Crippen molar-refractivity contribution in [1.29, 1.82) is 0 Å². The summed E-state index contributed by atoms with van der Waals surface area (Å²) in [5.41, 5.74) is 3.36. The van der Waals surface area contributed by atoms with Gasteiger partial charge in [-0.05, 0) is 63.3 Å². The Hall–Kier alpha value is -2.82. The number of amides is 2. The Morgan fingerprint density at radius 3 is 2.31 bits per heavy atom. The molecule has 0 aliphatic heterocycles. The molecule has 1 N–H and O–H groups in total. The Kier molecular flexibility index (Phi) is 10.3. The van der Waals surface area contributed by atoms with Gasteiger partial charge in [-0.2, -0.15) is 0 Å². The summed E-state index contributed by atoms with van der Waals surface area (Å²) >= 11 is 0. The van der Waals surface area contributed by atoms with Gasteiger partial charge in [0.1, 0.15) is 11.8 Å². The highest BCUT2D eigenvalue weighted by molar-refractivity contribution is 5.87. The van der Waals surface area contributed by atoms with Gasteiger partial charge in [-0.1, -0.05) is 55.8 Å². The first-order valence-corrected chi connectivity index (χ1v) is 11.7. The molecule has 174 valence electrons. The maximum atomic E-state index is 13.3. The molecular formula is C27H38N2O3. The molecule has 5 nitrogen and oxygen atoms in total. The van der Waals surface area contributed by atoms with Gasteiger partial charge in [0.15, 0.2) is 0 Å². The van der Waals surface area contributed by atoms with Crippen LogP contribution in [0.1, 0.15) is 63.1 Å². The first-order chi connectivity index (χ1) is 15.3. The quantitative estimate of drug-likeness (QED) is 0.464. The van der Waals surface area contributed by atoms with Gasteiger partial charge in [0.05, 0.1) is 6.61 Å². The van der Waals surface area contributed by atoms with E-state index in [4.69, 9.17) is 4.74 Å². The van der Waals surface area contributed by atoms with Crippen molar-refractivity contribution in [3.8, 4) is 5.75 Å². The van der Waals surface area contributed by atoms with Crippen LogP contribution in [0, 0.1) is 13.8 Å². The summed E-state index contributed by atoms with van der Waals surface area (Å²) in [5.74, 6) is 0.700. The standard InChI is InChI=1S/C27H38N2O3/c1-6-22(5)28-27(31)25(7-2)29(19-23-12-9-8-11-21(23)4)26(30)13-10-18-32-24-16-14-20(3)15-17-24/h8-9,11-12,14-17,22,25H,6-7,10,13,18-19H2,1-5H3,(H,28,31)/t22-,25-/m1/s1. The summed E-state index contributed by atoms with van der Waals surface area (Å²) in [7, 11) is 0. The van der Waals surface area contributed by atoms with Gasteiger partial charge in [-0.25, -0.2) is 0 Å². The van der Waals surface area contributed by atoms with E-state index in [1.165, 1.54) is 5.56 Å². The van der Waals surface area contributed by atoms with Crippen LogP contribution in [0.2, 0.25) is 0 Å². The largest absolute Gasteiger partial charge is 0.494 e. The Morgan fingerprint density at radius 1 is 1.00 bits per heavy atom. The number of hydrogen-bond donors (Lipinski definition) is 1. The molecule has 2 atom stereocenters. The lowest BCUT2D eigenvalue weighted by molar-refractivity contribution is -0.141. The summed E-state index contributed by atoms with van der Waals surface area (Å²) in [5, 5.41) is 3.05. The van der Waals surface area contributed by atoms with Crippen LogP contribution < -0.4 is 10.1 Å². The number of nitrogens with zero attached hydrogens (tertiary/aromatic N) is 1. The van der Waals surface area contributed by atoms with Crippen LogP contribution in [-0.2, 0) is 16.1 Å². The fourth-order valence-corrected chi connectivity index (χ4v) is 3.52. The number of benzene rings is 2. The molecule has 32 heavy (non-hydrogen) atoms. The summed E-state index contributed by atoms with van der Waals surface area (Å²) in [4.78, 5) is 28.0. The molecule has 0 aliphatic carbocycles. The van der Waals surface area contributed by atoms with Gasteiger partial charge < -0.3 is 15.0 Å². The molecule has 0 bridgehead atoms. The molecule has 2 rings (SSSR count). The van der Waals surface area contributed by atoms with Gasteiger partial charge >= 0.3 is 0 Å². The minimum absolute atomic E-state index is 0.0214. The van der Waals surface area contributed by atoms with Crippen molar-refractivity contribution in [3.63, 3.8) is 0 Å². The number of carbonyl (C=O) groups is 2. The zero-order valence-electron chi connectivity index (χ0n) is 20.2. The number of hydrogen-bond acceptors (Lipinski definition) is 3.